The zero-order valence-corrected chi connectivity index (χ0v) is 13.8. The van der Waals surface area contributed by atoms with Crippen molar-refractivity contribution in [2.45, 2.75) is 69.6 Å². The molecule has 0 N–H and O–H groups in total. The van der Waals surface area contributed by atoms with E-state index in [-0.39, 0.29) is 0 Å². The van der Waals surface area contributed by atoms with E-state index in [1.165, 1.54) is 68.6 Å². The van der Waals surface area contributed by atoms with E-state index >= 15 is 0 Å². The van der Waals surface area contributed by atoms with Crippen molar-refractivity contribution in [2.75, 3.05) is 0 Å². The summed E-state index contributed by atoms with van der Waals surface area (Å²) in [5.41, 5.74) is 2.06. The fraction of sp³-hybridized carbons (Fsp3) is 0.500. The van der Waals surface area contributed by atoms with Gasteiger partial charge in [0.05, 0.1) is 0 Å². The summed E-state index contributed by atoms with van der Waals surface area (Å²) >= 11 is 0. The molecule has 0 spiro atoms. The molecule has 117 valence electrons. The Morgan fingerprint density at radius 3 is 2.41 bits per heavy atom. The molecule has 1 aliphatic carbocycles. The van der Waals surface area contributed by atoms with Crippen molar-refractivity contribution in [1.29, 1.82) is 0 Å². The van der Waals surface area contributed by atoms with Crippen molar-refractivity contribution in [2.24, 2.45) is 0 Å². The molecule has 0 nitrogen and oxygen atoms in total. The lowest BCUT2D eigenvalue weighted by molar-refractivity contribution is 0.267. The number of hydrogen-bond acceptors (Lipinski definition) is 0. The minimum atomic E-state index is 0.431. The smallest absolute Gasteiger partial charge is 0.00408 e. The Morgan fingerprint density at radius 1 is 0.818 bits per heavy atom. The maximum atomic E-state index is 3.99. The molecule has 0 bridgehead atoms. The Bertz CT molecular complexity index is 585. The van der Waals surface area contributed by atoms with Gasteiger partial charge in [-0.1, -0.05) is 94.3 Å². The molecule has 0 amide bonds. The highest BCUT2D eigenvalue weighted by atomic mass is 14.4. The van der Waals surface area contributed by atoms with Crippen molar-refractivity contribution in [3.8, 4) is 0 Å². The summed E-state index contributed by atoms with van der Waals surface area (Å²) in [6.45, 7) is 3.99. The number of benzene rings is 2. The van der Waals surface area contributed by atoms with Crippen molar-refractivity contribution in [3.63, 3.8) is 0 Å². The fourth-order valence-electron chi connectivity index (χ4n) is 4.39. The van der Waals surface area contributed by atoms with Crippen LogP contribution >= 0.6 is 0 Å². The number of hydrogen-bond donors (Lipinski definition) is 0. The monoisotopic (exact) mass is 293 g/mol. The molecule has 1 aliphatic rings. The third-order valence-electron chi connectivity index (χ3n) is 5.58. The number of rotatable bonds is 6. The Labute approximate surface area is 135 Å². The van der Waals surface area contributed by atoms with Crippen molar-refractivity contribution >= 4 is 10.8 Å². The van der Waals surface area contributed by atoms with Crippen LogP contribution in [0.5, 0.6) is 0 Å². The second-order valence-electron chi connectivity index (χ2n) is 7.03. The van der Waals surface area contributed by atoms with Crippen LogP contribution in [0.25, 0.3) is 10.8 Å². The van der Waals surface area contributed by atoms with E-state index in [4.69, 9.17) is 0 Å². The summed E-state index contributed by atoms with van der Waals surface area (Å²) in [7, 11) is 0. The van der Waals surface area contributed by atoms with Gasteiger partial charge in [0.25, 0.3) is 0 Å². The van der Waals surface area contributed by atoms with Gasteiger partial charge < -0.3 is 0 Å². The van der Waals surface area contributed by atoms with Gasteiger partial charge in [-0.25, -0.2) is 0 Å². The molecule has 0 heteroatoms. The van der Waals surface area contributed by atoms with Crippen LogP contribution in [-0.4, -0.2) is 0 Å². The highest BCUT2D eigenvalue weighted by molar-refractivity contribution is 5.86. The quantitative estimate of drug-likeness (QED) is 0.512. The minimum Gasteiger partial charge on any atom is -0.0616 e. The molecule has 0 aliphatic heterocycles. The van der Waals surface area contributed by atoms with Crippen molar-refractivity contribution < 1.29 is 0 Å². The molecular formula is C22H29. The second kappa shape index (κ2) is 7.31. The summed E-state index contributed by atoms with van der Waals surface area (Å²) in [4.78, 5) is 0. The van der Waals surface area contributed by atoms with Crippen LogP contribution < -0.4 is 0 Å². The van der Waals surface area contributed by atoms with E-state index in [2.05, 4.69) is 49.4 Å². The van der Waals surface area contributed by atoms with Gasteiger partial charge in [0, 0.05) is 0 Å². The maximum absolute atomic E-state index is 3.99. The summed E-state index contributed by atoms with van der Waals surface area (Å²) in [5, 5.41) is 2.90. The largest absolute Gasteiger partial charge is 0.0616 e. The van der Waals surface area contributed by atoms with Gasteiger partial charge in [-0.2, -0.15) is 0 Å². The van der Waals surface area contributed by atoms with Crippen molar-refractivity contribution in [1.82, 2.24) is 0 Å². The molecule has 0 atom stereocenters. The highest BCUT2D eigenvalue weighted by Gasteiger charge is 2.34. The van der Waals surface area contributed by atoms with E-state index in [9.17, 15) is 0 Å². The molecule has 1 saturated carbocycles. The standard InChI is InChI=1S/C22H29/c1-2-3-4-8-16-22(17-9-5-10-18-22)21-15-11-13-19-12-6-7-14-20(19)21/h6-7,11-15H,1-5,8-10,16-18H2. The third-order valence-corrected chi connectivity index (χ3v) is 5.58. The summed E-state index contributed by atoms with van der Waals surface area (Å²) < 4.78 is 0. The van der Waals surface area contributed by atoms with Gasteiger partial charge in [-0.3, -0.25) is 0 Å². The second-order valence-corrected chi connectivity index (χ2v) is 7.03. The normalized spacial score (nSPS) is 17.7. The Balaban J connectivity index is 1.93. The first-order valence-corrected chi connectivity index (χ1v) is 9.13. The van der Waals surface area contributed by atoms with Gasteiger partial charge in [-0.15, -0.1) is 0 Å². The molecule has 1 radical (unpaired) electrons. The average molecular weight is 293 g/mol. The van der Waals surface area contributed by atoms with Crippen LogP contribution in [0, 0.1) is 6.92 Å². The van der Waals surface area contributed by atoms with Crippen molar-refractivity contribution in [3.05, 3.63) is 55.0 Å². The van der Waals surface area contributed by atoms with Crippen LogP contribution in [0.4, 0.5) is 0 Å². The lowest BCUT2D eigenvalue weighted by atomic mass is 9.65. The molecule has 0 heterocycles. The van der Waals surface area contributed by atoms with Crippen LogP contribution in [0.15, 0.2) is 42.5 Å². The van der Waals surface area contributed by atoms with Crippen LogP contribution in [0.2, 0.25) is 0 Å². The Morgan fingerprint density at radius 2 is 1.59 bits per heavy atom. The third kappa shape index (κ3) is 3.21. The number of unbranched alkanes of at least 4 members (excludes halogenated alkanes) is 3. The predicted molar refractivity (Wildman–Crippen MR) is 97.2 cm³/mol. The first-order valence-electron chi connectivity index (χ1n) is 9.13. The van der Waals surface area contributed by atoms with E-state index < -0.39 is 0 Å². The fourth-order valence-corrected chi connectivity index (χ4v) is 4.39. The highest BCUT2D eigenvalue weighted by Crippen LogP contribution is 2.45. The Hall–Kier alpha value is -1.30. The van der Waals surface area contributed by atoms with Gasteiger partial charge in [-0.05, 0) is 41.0 Å². The molecular weight excluding hydrogens is 264 g/mol. The van der Waals surface area contributed by atoms with Crippen LogP contribution in [-0.2, 0) is 5.41 Å². The molecule has 0 unspecified atom stereocenters. The van der Waals surface area contributed by atoms with E-state index in [0.717, 1.165) is 6.42 Å². The summed E-state index contributed by atoms with van der Waals surface area (Å²) in [5.74, 6) is 0. The molecule has 3 rings (SSSR count). The summed E-state index contributed by atoms with van der Waals surface area (Å²) in [6, 6.07) is 15.9. The first kappa shape index (κ1) is 15.6. The predicted octanol–water partition coefficient (Wildman–Crippen LogP) is 6.83. The molecule has 0 saturated heterocycles. The molecule has 2 aromatic carbocycles. The maximum Gasteiger partial charge on any atom is -0.00408 e. The summed E-state index contributed by atoms with van der Waals surface area (Å²) in [6.07, 6.45) is 13.4. The van der Waals surface area contributed by atoms with Gasteiger partial charge >= 0.3 is 0 Å². The number of fused-ring (bicyclic) bond motifs is 1. The lowest BCUT2D eigenvalue weighted by Crippen LogP contribution is -2.29. The molecule has 22 heavy (non-hydrogen) atoms. The lowest BCUT2D eigenvalue weighted by Gasteiger charge is -2.39. The zero-order chi connectivity index (χ0) is 15.3. The minimum absolute atomic E-state index is 0.431. The van der Waals surface area contributed by atoms with E-state index in [1.807, 2.05) is 0 Å². The topological polar surface area (TPSA) is 0 Å². The molecule has 0 aromatic heterocycles. The molecule has 1 fully saturated rings. The van der Waals surface area contributed by atoms with Crippen LogP contribution in [0.3, 0.4) is 0 Å². The first-order chi connectivity index (χ1) is 10.9. The van der Waals surface area contributed by atoms with Gasteiger partial charge in [0.2, 0.25) is 0 Å². The average Bonchev–Trinajstić information content (AvgIpc) is 2.59. The van der Waals surface area contributed by atoms with Gasteiger partial charge in [0.15, 0.2) is 0 Å². The van der Waals surface area contributed by atoms with E-state index in [0.29, 0.717) is 5.41 Å². The Kier molecular flexibility index (Phi) is 5.18. The molecule has 2 aromatic rings. The van der Waals surface area contributed by atoms with Crippen LogP contribution in [0.1, 0.15) is 69.8 Å². The SMILES string of the molecule is [CH2]CCCCCC1(c2cccc3ccccc23)CCCCC1. The van der Waals surface area contributed by atoms with E-state index in [1.54, 1.807) is 5.56 Å². The van der Waals surface area contributed by atoms with Gasteiger partial charge in [0.1, 0.15) is 0 Å². The zero-order valence-electron chi connectivity index (χ0n) is 13.8.